The summed E-state index contributed by atoms with van der Waals surface area (Å²) in [6.45, 7) is 8.39. The molecule has 1 saturated heterocycles. The molecule has 0 aromatic carbocycles. The van der Waals surface area contributed by atoms with Gasteiger partial charge in [0.05, 0.1) is 0 Å². The van der Waals surface area contributed by atoms with Crippen molar-refractivity contribution >= 4 is 11.8 Å². The lowest BCUT2D eigenvalue weighted by Gasteiger charge is -2.36. The van der Waals surface area contributed by atoms with Crippen molar-refractivity contribution in [2.75, 3.05) is 32.4 Å². The molecule has 2 nitrogen and oxygen atoms in total. The van der Waals surface area contributed by atoms with Crippen molar-refractivity contribution in [3.05, 3.63) is 0 Å². The van der Waals surface area contributed by atoms with Gasteiger partial charge in [0, 0.05) is 30.1 Å². The highest BCUT2D eigenvalue weighted by Gasteiger charge is 2.22. The number of nitrogens with one attached hydrogen (secondary N) is 1. The molecule has 0 bridgehead atoms. The first kappa shape index (κ1) is 12.3. The molecule has 1 N–H and O–H groups in total. The zero-order valence-electron chi connectivity index (χ0n) is 9.75. The van der Waals surface area contributed by atoms with Crippen molar-refractivity contribution in [1.29, 1.82) is 0 Å². The van der Waals surface area contributed by atoms with Crippen LogP contribution in [0, 0.1) is 0 Å². The summed E-state index contributed by atoms with van der Waals surface area (Å²) in [6, 6.07) is 0.748. The van der Waals surface area contributed by atoms with E-state index in [-0.39, 0.29) is 0 Å². The number of nitrogens with zero attached hydrogens (tertiary/aromatic N) is 1. The van der Waals surface area contributed by atoms with Crippen LogP contribution in [0.15, 0.2) is 0 Å². The van der Waals surface area contributed by atoms with E-state index in [0.29, 0.717) is 0 Å². The molecule has 1 rings (SSSR count). The summed E-state index contributed by atoms with van der Waals surface area (Å²) in [5, 5.41) is 4.11. The molecular formula is C11H24N2S. The van der Waals surface area contributed by atoms with Crippen LogP contribution in [-0.2, 0) is 0 Å². The van der Waals surface area contributed by atoms with Gasteiger partial charge >= 0.3 is 0 Å². The monoisotopic (exact) mass is 216 g/mol. The lowest BCUT2D eigenvalue weighted by molar-refractivity contribution is 0.205. The van der Waals surface area contributed by atoms with Crippen molar-refractivity contribution < 1.29 is 0 Å². The van der Waals surface area contributed by atoms with Gasteiger partial charge in [-0.25, -0.2) is 0 Å². The quantitative estimate of drug-likeness (QED) is 0.754. The van der Waals surface area contributed by atoms with Crippen molar-refractivity contribution in [3.8, 4) is 0 Å². The van der Waals surface area contributed by atoms with E-state index in [1.165, 1.54) is 31.7 Å². The van der Waals surface area contributed by atoms with E-state index in [4.69, 9.17) is 0 Å². The molecule has 0 amide bonds. The Bertz CT molecular complexity index is 152. The largest absolute Gasteiger partial charge is 0.320 e. The minimum Gasteiger partial charge on any atom is -0.320 e. The third-order valence-electron chi connectivity index (χ3n) is 3.06. The van der Waals surface area contributed by atoms with E-state index in [2.05, 4.69) is 35.8 Å². The van der Waals surface area contributed by atoms with Crippen LogP contribution in [-0.4, -0.2) is 48.6 Å². The van der Waals surface area contributed by atoms with E-state index in [9.17, 15) is 0 Å². The molecule has 1 aliphatic rings. The predicted octanol–water partition coefficient (Wildman–Crippen LogP) is 1.81. The standard InChI is InChI=1S/C11H24N2S/c1-4-11-9-13(7-8-14-11)10(2)5-6-12-3/h10-12H,4-9H2,1-3H3. The molecular weight excluding hydrogens is 192 g/mol. The van der Waals surface area contributed by atoms with Crippen molar-refractivity contribution in [2.24, 2.45) is 0 Å². The van der Waals surface area contributed by atoms with Gasteiger partial charge in [-0.2, -0.15) is 11.8 Å². The Balaban J connectivity index is 2.27. The Labute approximate surface area is 92.8 Å². The van der Waals surface area contributed by atoms with Gasteiger partial charge in [-0.05, 0) is 33.4 Å². The molecule has 2 atom stereocenters. The maximum Gasteiger partial charge on any atom is 0.0172 e. The minimum absolute atomic E-state index is 0.748. The van der Waals surface area contributed by atoms with Gasteiger partial charge in [-0.3, -0.25) is 4.90 Å². The topological polar surface area (TPSA) is 15.3 Å². The fourth-order valence-corrected chi connectivity index (χ4v) is 3.13. The summed E-state index contributed by atoms with van der Waals surface area (Å²) in [5.41, 5.74) is 0. The van der Waals surface area contributed by atoms with Crippen LogP contribution in [0.1, 0.15) is 26.7 Å². The smallest absolute Gasteiger partial charge is 0.0172 e. The van der Waals surface area contributed by atoms with E-state index in [1.807, 2.05) is 7.05 Å². The maximum absolute atomic E-state index is 3.23. The highest BCUT2D eigenvalue weighted by Crippen LogP contribution is 2.22. The molecule has 84 valence electrons. The first-order chi connectivity index (χ1) is 6.77. The summed E-state index contributed by atoms with van der Waals surface area (Å²) >= 11 is 2.15. The fourth-order valence-electron chi connectivity index (χ4n) is 1.93. The Hall–Kier alpha value is 0.270. The second-order valence-electron chi connectivity index (χ2n) is 4.14. The lowest BCUT2D eigenvalue weighted by atomic mass is 10.1. The van der Waals surface area contributed by atoms with Crippen LogP contribution in [0.2, 0.25) is 0 Å². The second kappa shape index (κ2) is 6.70. The Morgan fingerprint density at radius 3 is 3.00 bits per heavy atom. The molecule has 0 aromatic rings. The van der Waals surface area contributed by atoms with Gasteiger partial charge in [0.2, 0.25) is 0 Å². The zero-order chi connectivity index (χ0) is 10.4. The van der Waals surface area contributed by atoms with E-state index >= 15 is 0 Å². The summed E-state index contributed by atoms with van der Waals surface area (Å²) in [6.07, 6.45) is 2.59. The normalized spacial score (nSPS) is 26.4. The van der Waals surface area contributed by atoms with Gasteiger partial charge in [-0.15, -0.1) is 0 Å². The molecule has 0 aromatic heterocycles. The molecule has 3 heteroatoms. The second-order valence-corrected chi connectivity index (χ2v) is 5.55. The number of hydrogen-bond acceptors (Lipinski definition) is 3. The van der Waals surface area contributed by atoms with E-state index in [1.54, 1.807) is 0 Å². The Kier molecular flexibility index (Phi) is 5.90. The predicted molar refractivity (Wildman–Crippen MR) is 66.1 cm³/mol. The molecule has 0 radical (unpaired) electrons. The average molecular weight is 216 g/mol. The maximum atomic E-state index is 3.23. The average Bonchev–Trinajstić information content (AvgIpc) is 2.26. The summed E-state index contributed by atoms with van der Waals surface area (Å²) in [4.78, 5) is 2.65. The summed E-state index contributed by atoms with van der Waals surface area (Å²) < 4.78 is 0. The van der Waals surface area contributed by atoms with Crippen molar-refractivity contribution in [2.45, 2.75) is 38.0 Å². The van der Waals surface area contributed by atoms with E-state index < -0.39 is 0 Å². The van der Waals surface area contributed by atoms with Gasteiger partial charge in [0.25, 0.3) is 0 Å². The van der Waals surface area contributed by atoms with Crippen LogP contribution in [0.5, 0.6) is 0 Å². The molecule has 0 spiro atoms. The minimum atomic E-state index is 0.748. The summed E-state index contributed by atoms with van der Waals surface area (Å²) in [7, 11) is 2.04. The number of hydrogen-bond donors (Lipinski definition) is 1. The molecule has 0 saturated carbocycles. The van der Waals surface area contributed by atoms with Gasteiger partial charge in [0.1, 0.15) is 0 Å². The van der Waals surface area contributed by atoms with Gasteiger partial charge in [0.15, 0.2) is 0 Å². The fraction of sp³-hybridized carbons (Fsp3) is 1.00. The van der Waals surface area contributed by atoms with Crippen LogP contribution >= 0.6 is 11.8 Å². The molecule has 2 unspecified atom stereocenters. The van der Waals surface area contributed by atoms with Crippen molar-refractivity contribution in [1.82, 2.24) is 10.2 Å². The third kappa shape index (κ3) is 3.79. The highest BCUT2D eigenvalue weighted by atomic mass is 32.2. The van der Waals surface area contributed by atoms with Gasteiger partial charge in [-0.1, -0.05) is 6.92 Å². The number of thioether (sulfide) groups is 1. The summed E-state index contributed by atoms with van der Waals surface area (Å²) in [5.74, 6) is 1.32. The molecule has 1 aliphatic heterocycles. The number of rotatable bonds is 5. The third-order valence-corrected chi connectivity index (χ3v) is 4.43. The highest BCUT2D eigenvalue weighted by molar-refractivity contribution is 8.00. The molecule has 1 fully saturated rings. The van der Waals surface area contributed by atoms with Crippen LogP contribution in [0.25, 0.3) is 0 Å². The first-order valence-electron chi connectivity index (χ1n) is 5.78. The van der Waals surface area contributed by atoms with Crippen LogP contribution in [0.3, 0.4) is 0 Å². The van der Waals surface area contributed by atoms with Gasteiger partial charge < -0.3 is 5.32 Å². The molecule has 0 aliphatic carbocycles. The lowest BCUT2D eigenvalue weighted by Crippen LogP contribution is -2.43. The molecule has 1 heterocycles. The zero-order valence-corrected chi connectivity index (χ0v) is 10.6. The first-order valence-corrected chi connectivity index (χ1v) is 6.83. The van der Waals surface area contributed by atoms with Crippen molar-refractivity contribution in [3.63, 3.8) is 0 Å². The van der Waals surface area contributed by atoms with Crippen LogP contribution < -0.4 is 5.32 Å². The Morgan fingerprint density at radius 2 is 2.36 bits per heavy atom. The van der Waals surface area contributed by atoms with E-state index in [0.717, 1.165) is 17.8 Å². The SMILES string of the molecule is CCC1CN(C(C)CCNC)CCS1. The molecule has 14 heavy (non-hydrogen) atoms. The van der Waals surface area contributed by atoms with Crippen LogP contribution in [0.4, 0.5) is 0 Å². The Morgan fingerprint density at radius 1 is 1.57 bits per heavy atom.